The lowest BCUT2D eigenvalue weighted by Crippen LogP contribution is -2.09. The van der Waals surface area contributed by atoms with E-state index >= 15 is 0 Å². The fourth-order valence-corrected chi connectivity index (χ4v) is 3.25. The molecule has 0 spiro atoms. The van der Waals surface area contributed by atoms with Gasteiger partial charge in [0.15, 0.2) is 5.78 Å². The molecule has 28 heavy (non-hydrogen) atoms. The van der Waals surface area contributed by atoms with Crippen LogP contribution in [0, 0.1) is 0 Å². The normalized spacial score (nSPS) is 12.5. The van der Waals surface area contributed by atoms with Gasteiger partial charge >= 0.3 is 0 Å². The number of rotatable bonds is 7. The van der Waals surface area contributed by atoms with E-state index in [4.69, 9.17) is 23.2 Å². The zero-order chi connectivity index (χ0) is 19.8. The van der Waals surface area contributed by atoms with Crippen molar-refractivity contribution in [3.8, 4) is 0 Å². The van der Waals surface area contributed by atoms with Crippen molar-refractivity contribution in [2.75, 3.05) is 0 Å². The van der Waals surface area contributed by atoms with Gasteiger partial charge in [-0.3, -0.25) is 4.79 Å². The molecular weight excluding hydrogens is 387 g/mol. The zero-order valence-corrected chi connectivity index (χ0v) is 16.8. The second-order valence-corrected chi connectivity index (χ2v) is 7.32. The van der Waals surface area contributed by atoms with Gasteiger partial charge in [0.2, 0.25) is 0 Å². The number of halogens is 2. The van der Waals surface area contributed by atoms with Gasteiger partial charge in [-0.2, -0.15) is 0 Å². The van der Waals surface area contributed by atoms with Crippen LogP contribution in [0.15, 0.2) is 91.0 Å². The Balaban J connectivity index is 1.76. The fraction of sp³-hybridized carbons (Fsp3) is 0.0800. The maximum absolute atomic E-state index is 12.9. The molecule has 3 rings (SSSR count). The maximum atomic E-state index is 12.9. The van der Waals surface area contributed by atoms with E-state index in [0.29, 0.717) is 16.5 Å². The van der Waals surface area contributed by atoms with Crippen molar-refractivity contribution in [3.63, 3.8) is 0 Å². The first-order valence-corrected chi connectivity index (χ1v) is 9.82. The van der Waals surface area contributed by atoms with Gasteiger partial charge in [-0.1, -0.05) is 96.0 Å². The minimum Gasteiger partial charge on any atom is -0.294 e. The van der Waals surface area contributed by atoms with Crippen LogP contribution in [0.3, 0.4) is 0 Å². The molecule has 0 aromatic heterocycles. The molecule has 0 N–H and O–H groups in total. The van der Waals surface area contributed by atoms with Gasteiger partial charge in [0, 0.05) is 10.0 Å². The van der Waals surface area contributed by atoms with Crippen molar-refractivity contribution in [2.45, 2.75) is 12.3 Å². The lowest BCUT2D eigenvalue weighted by Gasteiger charge is -2.12. The number of hydrogen-bond acceptors (Lipinski definition) is 1. The van der Waals surface area contributed by atoms with E-state index in [1.807, 2.05) is 97.1 Å². The number of ketones is 1. The van der Waals surface area contributed by atoms with Crippen molar-refractivity contribution in [2.24, 2.45) is 0 Å². The van der Waals surface area contributed by atoms with Crippen LogP contribution in [0.2, 0.25) is 10.0 Å². The summed E-state index contributed by atoms with van der Waals surface area (Å²) in [5, 5.41) is 1.38. The van der Waals surface area contributed by atoms with Gasteiger partial charge in [0.1, 0.15) is 0 Å². The van der Waals surface area contributed by atoms with Crippen molar-refractivity contribution in [1.29, 1.82) is 0 Å². The summed E-state index contributed by atoms with van der Waals surface area (Å²) < 4.78 is 0. The van der Waals surface area contributed by atoms with Gasteiger partial charge in [0.05, 0.1) is 5.92 Å². The molecule has 0 radical (unpaired) electrons. The molecule has 0 aliphatic heterocycles. The molecule has 140 valence electrons. The van der Waals surface area contributed by atoms with E-state index in [2.05, 4.69) is 0 Å². The van der Waals surface area contributed by atoms with Crippen molar-refractivity contribution in [3.05, 3.63) is 118 Å². The summed E-state index contributed by atoms with van der Waals surface area (Å²) in [5.41, 5.74) is 2.96. The van der Waals surface area contributed by atoms with Gasteiger partial charge in [-0.25, -0.2) is 0 Å². The third-order valence-electron chi connectivity index (χ3n) is 4.39. The van der Waals surface area contributed by atoms with E-state index in [1.54, 1.807) is 6.08 Å². The van der Waals surface area contributed by atoms with E-state index in [0.717, 1.165) is 16.7 Å². The minimum absolute atomic E-state index is 0.0666. The van der Waals surface area contributed by atoms with Crippen LogP contribution in [0.5, 0.6) is 0 Å². The average Bonchev–Trinajstić information content (AvgIpc) is 2.71. The highest BCUT2D eigenvalue weighted by atomic mass is 35.5. The number of allylic oxidation sites excluding steroid dienone is 2. The van der Waals surface area contributed by atoms with Gasteiger partial charge in [0.25, 0.3) is 0 Å². The van der Waals surface area contributed by atoms with E-state index in [-0.39, 0.29) is 11.7 Å². The zero-order valence-electron chi connectivity index (χ0n) is 15.3. The molecule has 1 atom stereocenters. The SMILES string of the molecule is O=C(/C=C/c1ccc(Cl)cc1)C(C/C=C/c1cccc(Cl)c1)c1ccccc1. The molecule has 1 unspecified atom stereocenters. The lowest BCUT2D eigenvalue weighted by atomic mass is 9.90. The second kappa shape index (κ2) is 10.1. The summed E-state index contributed by atoms with van der Waals surface area (Å²) in [4.78, 5) is 12.9. The van der Waals surface area contributed by atoms with Crippen LogP contribution in [0.1, 0.15) is 29.0 Å². The maximum Gasteiger partial charge on any atom is 0.163 e. The number of carbonyl (C=O) groups excluding carboxylic acids is 1. The number of hydrogen-bond donors (Lipinski definition) is 0. The molecule has 0 saturated heterocycles. The van der Waals surface area contributed by atoms with Crippen LogP contribution in [0.4, 0.5) is 0 Å². The summed E-state index contributed by atoms with van der Waals surface area (Å²) in [6.45, 7) is 0. The van der Waals surface area contributed by atoms with Crippen LogP contribution in [-0.4, -0.2) is 5.78 Å². The largest absolute Gasteiger partial charge is 0.294 e. The molecule has 0 fully saturated rings. The molecule has 0 aliphatic rings. The monoisotopic (exact) mass is 406 g/mol. The van der Waals surface area contributed by atoms with Gasteiger partial charge < -0.3 is 0 Å². The molecule has 3 heteroatoms. The first-order chi connectivity index (χ1) is 13.6. The van der Waals surface area contributed by atoms with Crippen molar-refractivity contribution >= 4 is 41.1 Å². The summed E-state index contributed by atoms with van der Waals surface area (Å²) in [5.74, 6) is -0.169. The Kier molecular flexibility index (Phi) is 7.25. The van der Waals surface area contributed by atoms with Crippen LogP contribution >= 0.6 is 23.2 Å². The average molecular weight is 407 g/mol. The Hall–Kier alpha value is -2.61. The van der Waals surface area contributed by atoms with Crippen LogP contribution in [-0.2, 0) is 4.79 Å². The smallest absolute Gasteiger partial charge is 0.163 e. The van der Waals surface area contributed by atoms with Crippen molar-refractivity contribution in [1.82, 2.24) is 0 Å². The molecule has 3 aromatic carbocycles. The van der Waals surface area contributed by atoms with Crippen molar-refractivity contribution < 1.29 is 4.79 Å². The Labute approximate surface area is 175 Å². The number of carbonyl (C=O) groups is 1. The molecule has 0 heterocycles. The Morgan fingerprint density at radius 2 is 1.54 bits per heavy atom. The van der Waals surface area contributed by atoms with E-state index in [1.165, 1.54) is 0 Å². The van der Waals surface area contributed by atoms with Crippen LogP contribution < -0.4 is 0 Å². The Morgan fingerprint density at radius 1 is 0.786 bits per heavy atom. The Bertz CT molecular complexity index is 973. The highest BCUT2D eigenvalue weighted by molar-refractivity contribution is 6.30. The molecular formula is C25H20Cl2O. The molecule has 1 nitrogen and oxygen atoms in total. The lowest BCUT2D eigenvalue weighted by molar-refractivity contribution is -0.115. The standard InChI is InChI=1S/C25H20Cl2O/c26-22-15-12-19(13-16-22)14-17-25(28)24(21-8-2-1-3-9-21)11-5-7-20-6-4-10-23(27)18-20/h1-10,12-18,24H,11H2/b7-5+,17-14+. The van der Waals surface area contributed by atoms with E-state index in [9.17, 15) is 4.79 Å². The first-order valence-electron chi connectivity index (χ1n) is 9.06. The predicted molar refractivity (Wildman–Crippen MR) is 120 cm³/mol. The number of benzene rings is 3. The summed E-state index contributed by atoms with van der Waals surface area (Å²) >= 11 is 12.0. The predicted octanol–water partition coefficient (Wildman–Crippen LogP) is 7.46. The van der Waals surface area contributed by atoms with Gasteiger partial charge in [-0.15, -0.1) is 0 Å². The topological polar surface area (TPSA) is 17.1 Å². The minimum atomic E-state index is -0.236. The molecule has 0 amide bonds. The molecule has 0 bridgehead atoms. The second-order valence-electron chi connectivity index (χ2n) is 6.44. The van der Waals surface area contributed by atoms with Crippen LogP contribution in [0.25, 0.3) is 12.2 Å². The quantitative estimate of drug-likeness (QED) is 0.372. The fourth-order valence-electron chi connectivity index (χ4n) is 2.92. The summed E-state index contributed by atoms with van der Waals surface area (Å²) in [7, 11) is 0. The molecule has 0 saturated carbocycles. The summed E-state index contributed by atoms with van der Waals surface area (Å²) in [6.07, 6.45) is 8.11. The van der Waals surface area contributed by atoms with E-state index < -0.39 is 0 Å². The molecule has 3 aromatic rings. The summed E-state index contributed by atoms with van der Waals surface area (Å²) in [6, 6.07) is 24.9. The highest BCUT2D eigenvalue weighted by Crippen LogP contribution is 2.23. The third kappa shape index (κ3) is 5.95. The Morgan fingerprint density at radius 3 is 2.25 bits per heavy atom. The first kappa shape index (κ1) is 20.1. The molecule has 0 aliphatic carbocycles. The van der Waals surface area contributed by atoms with Gasteiger partial charge in [-0.05, 0) is 53.5 Å². The third-order valence-corrected chi connectivity index (χ3v) is 4.87. The highest BCUT2D eigenvalue weighted by Gasteiger charge is 2.16.